The number of allylic oxidation sites excluding steroid dienone is 1. The quantitative estimate of drug-likeness (QED) is 0.736. The van der Waals surface area contributed by atoms with E-state index in [1.807, 2.05) is 29.9 Å². The zero-order valence-electron chi connectivity index (χ0n) is 11.8. The Kier molecular flexibility index (Phi) is 4.50. The molecule has 1 aromatic carbocycles. The van der Waals surface area contributed by atoms with Crippen LogP contribution in [-0.2, 0) is 13.5 Å². The molecule has 0 saturated heterocycles. The van der Waals surface area contributed by atoms with Crippen LogP contribution in [0.25, 0.3) is 11.4 Å². The van der Waals surface area contributed by atoms with E-state index < -0.39 is 0 Å². The minimum atomic E-state index is 0.875. The zero-order chi connectivity index (χ0) is 13.7. The second-order valence-corrected chi connectivity index (χ2v) is 4.84. The van der Waals surface area contributed by atoms with E-state index in [0.29, 0.717) is 0 Å². The van der Waals surface area contributed by atoms with Gasteiger partial charge in [-0.15, -0.1) is 0 Å². The van der Waals surface area contributed by atoms with Crippen molar-refractivity contribution in [1.29, 1.82) is 0 Å². The molecule has 0 spiro atoms. The normalized spacial score (nSPS) is 10.6. The van der Waals surface area contributed by atoms with Gasteiger partial charge in [0.2, 0.25) is 0 Å². The standard InChI is InChI=1S/C16H21N3/c1-4-8-13(2)11-12-15-17-16(19(3)18-15)14-9-6-5-7-10-14/h5-7,9-10H,2,4,8,11-12H2,1,3H3. The lowest BCUT2D eigenvalue weighted by molar-refractivity contribution is 0.732. The number of benzene rings is 1. The molecule has 3 nitrogen and oxygen atoms in total. The van der Waals surface area contributed by atoms with Crippen molar-refractivity contribution in [3.8, 4) is 11.4 Å². The summed E-state index contributed by atoms with van der Waals surface area (Å²) in [6.07, 6.45) is 4.10. The second-order valence-electron chi connectivity index (χ2n) is 4.84. The first kappa shape index (κ1) is 13.5. The van der Waals surface area contributed by atoms with E-state index in [1.165, 1.54) is 5.57 Å². The Labute approximate surface area is 115 Å². The number of aromatic nitrogens is 3. The van der Waals surface area contributed by atoms with Gasteiger partial charge in [-0.05, 0) is 12.8 Å². The largest absolute Gasteiger partial charge is 0.249 e. The van der Waals surface area contributed by atoms with E-state index in [4.69, 9.17) is 0 Å². The van der Waals surface area contributed by atoms with Gasteiger partial charge in [-0.25, -0.2) is 9.67 Å². The van der Waals surface area contributed by atoms with Crippen LogP contribution in [0.4, 0.5) is 0 Å². The van der Waals surface area contributed by atoms with Crippen molar-refractivity contribution in [1.82, 2.24) is 14.8 Å². The van der Waals surface area contributed by atoms with Crippen LogP contribution in [0.2, 0.25) is 0 Å². The highest BCUT2D eigenvalue weighted by molar-refractivity contribution is 5.54. The Morgan fingerprint density at radius 2 is 1.95 bits per heavy atom. The Morgan fingerprint density at radius 1 is 1.21 bits per heavy atom. The van der Waals surface area contributed by atoms with Crippen LogP contribution in [0.15, 0.2) is 42.5 Å². The van der Waals surface area contributed by atoms with Crippen LogP contribution in [-0.4, -0.2) is 14.8 Å². The summed E-state index contributed by atoms with van der Waals surface area (Å²) in [4.78, 5) is 4.62. The molecule has 0 N–H and O–H groups in total. The fraction of sp³-hybridized carbons (Fsp3) is 0.375. The summed E-state index contributed by atoms with van der Waals surface area (Å²) in [5.74, 6) is 1.83. The predicted octanol–water partition coefficient (Wildman–Crippen LogP) is 3.77. The summed E-state index contributed by atoms with van der Waals surface area (Å²) < 4.78 is 1.85. The molecule has 2 rings (SSSR count). The molecule has 0 unspecified atom stereocenters. The summed E-state index contributed by atoms with van der Waals surface area (Å²) in [7, 11) is 1.94. The van der Waals surface area contributed by atoms with E-state index in [9.17, 15) is 0 Å². The first-order chi connectivity index (χ1) is 9.20. The SMILES string of the molecule is C=C(CCC)CCc1nc(-c2ccccc2)n(C)n1. The van der Waals surface area contributed by atoms with E-state index in [1.54, 1.807) is 0 Å². The van der Waals surface area contributed by atoms with Crippen molar-refractivity contribution in [2.75, 3.05) is 0 Å². The van der Waals surface area contributed by atoms with Crippen molar-refractivity contribution >= 4 is 0 Å². The second kappa shape index (κ2) is 6.32. The smallest absolute Gasteiger partial charge is 0.158 e. The van der Waals surface area contributed by atoms with E-state index in [0.717, 1.165) is 42.9 Å². The lowest BCUT2D eigenvalue weighted by Gasteiger charge is -2.00. The summed E-state index contributed by atoms with van der Waals surface area (Å²) in [5, 5.41) is 4.48. The van der Waals surface area contributed by atoms with Crippen molar-refractivity contribution in [2.24, 2.45) is 7.05 Å². The molecule has 0 aliphatic carbocycles. The topological polar surface area (TPSA) is 30.7 Å². The van der Waals surface area contributed by atoms with E-state index in [2.05, 4.69) is 35.7 Å². The van der Waals surface area contributed by atoms with E-state index in [-0.39, 0.29) is 0 Å². The molecular weight excluding hydrogens is 234 g/mol. The molecule has 0 bridgehead atoms. The minimum absolute atomic E-state index is 0.875. The van der Waals surface area contributed by atoms with Gasteiger partial charge in [0.1, 0.15) is 0 Å². The third-order valence-electron chi connectivity index (χ3n) is 3.14. The van der Waals surface area contributed by atoms with Gasteiger partial charge in [-0.1, -0.05) is 55.8 Å². The Morgan fingerprint density at radius 3 is 2.63 bits per heavy atom. The Hall–Kier alpha value is -1.90. The average molecular weight is 255 g/mol. The third kappa shape index (κ3) is 3.53. The number of aryl methyl sites for hydroxylation is 2. The number of hydrogen-bond donors (Lipinski definition) is 0. The lowest BCUT2D eigenvalue weighted by Crippen LogP contribution is -1.95. The van der Waals surface area contributed by atoms with Gasteiger partial charge in [-0.3, -0.25) is 0 Å². The molecular formula is C16H21N3. The molecule has 0 aliphatic rings. The molecule has 3 heteroatoms. The third-order valence-corrected chi connectivity index (χ3v) is 3.14. The van der Waals surface area contributed by atoms with Gasteiger partial charge < -0.3 is 0 Å². The summed E-state index contributed by atoms with van der Waals surface area (Å²) in [5.41, 5.74) is 2.40. The molecule has 19 heavy (non-hydrogen) atoms. The maximum Gasteiger partial charge on any atom is 0.158 e. The van der Waals surface area contributed by atoms with Gasteiger partial charge in [0.15, 0.2) is 11.6 Å². The molecule has 0 amide bonds. The van der Waals surface area contributed by atoms with Crippen LogP contribution in [0, 0.1) is 0 Å². The number of hydrogen-bond acceptors (Lipinski definition) is 2. The summed E-state index contributed by atoms with van der Waals surface area (Å²) in [6.45, 7) is 6.26. The number of nitrogens with zero attached hydrogens (tertiary/aromatic N) is 3. The zero-order valence-corrected chi connectivity index (χ0v) is 11.8. The molecule has 1 heterocycles. The van der Waals surface area contributed by atoms with Crippen molar-refractivity contribution in [2.45, 2.75) is 32.6 Å². The van der Waals surface area contributed by atoms with Crippen LogP contribution >= 0.6 is 0 Å². The molecule has 0 atom stereocenters. The Bertz CT molecular complexity index is 540. The molecule has 1 aromatic heterocycles. The van der Waals surface area contributed by atoms with Crippen molar-refractivity contribution in [3.63, 3.8) is 0 Å². The lowest BCUT2D eigenvalue weighted by atomic mass is 10.1. The minimum Gasteiger partial charge on any atom is -0.249 e. The van der Waals surface area contributed by atoms with Gasteiger partial charge >= 0.3 is 0 Å². The fourth-order valence-corrected chi connectivity index (χ4v) is 2.15. The molecule has 0 fully saturated rings. The van der Waals surface area contributed by atoms with E-state index >= 15 is 0 Å². The molecule has 0 saturated carbocycles. The molecule has 100 valence electrons. The Balaban J connectivity index is 2.07. The molecule has 2 aromatic rings. The van der Waals surface area contributed by atoms with Crippen LogP contribution in [0.1, 0.15) is 32.0 Å². The predicted molar refractivity (Wildman–Crippen MR) is 78.8 cm³/mol. The first-order valence-corrected chi connectivity index (χ1v) is 6.82. The van der Waals surface area contributed by atoms with Gasteiger partial charge in [-0.2, -0.15) is 5.10 Å². The van der Waals surface area contributed by atoms with Gasteiger partial charge in [0.05, 0.1) is 0 Å². The van der Waals surface area contributed by atoms with Crippen LogP contribution in [0.5, 0.6) is 0 Å². The molecule has 0 aliphatic heterocycles. The fourth-order valence-electron chi connectivity index (χ4n) is 2.15. The summed E-state index contributed by atoms with van der Waals surface area (Å²) in [6, 6.07) is 10.2. The monoisotopic (exact) mass is 255 g/mol. The van der Waals surface area contributed by atoms with Crippen molar-refractivity contribution < 1.29 is 0 Å². The highest BCUT2D eigenvalue weighted by Crippen LogP contribution is 2.17. The highest BCUT2D eigenvalue weighted by atomic mass is 15.3. The number of rotatable bonds is 6. The summed E-state index contributed by atoms with van der Waals surface area (Å²) >= 11 is 0. The maximum absolute atomic E-state index is 4.62. The van der Waals surface area contributed by atoms with Gasteiger partial charge in [0.25, 0.3) is 0 Å². The molecule has 0 radical (unpaired) electrons. The first-order valence-electron chi connectivity index (χ1n) is 6.82. The maximum atomic E-state index is 4.62. The average Bonchev–Trinajstić information content (AvgIpc) is 2.79. The highest BCUT2D eigenvalue weighted by Gasteiger charge is 2.09. The van der Waals surface area contributed by atoms with Gasteiger partial charge in [0, 0.05) is 19.0 Å². The van der Waals surface area contributed by atoms with Crippen LogP contribution in [0.3, 0.4) is 0 Å². The van der Waals surface area contributed by atoms with Crippen LogP contribution < -0.4 is 0 Å². The van der Waals surface area contributed by atoms with Crippen molar-refractivity contribution in [3.05, 3.63) is 48.3 Å².